The molecular weight excluding hydrogens is 247 g/mol. The second-order valence-electron chi connectivity index (χ2n) is 5.41. The van der Waals surface area contributed by atoms with Crippen LogP contribution in [0, 0.1) is 5.82 Å². The number of benzene rings is 2. The summed E-state index contributed by atoms with van der Waals surface area (Å²) in [5, 5.41) is 1.72. The minimum Gasteiger partial charge on any atom is -0.206 e. The molecule has 3 rings (SSSR count). The third kappa shape index (κ3) is 2.40. The minimum atomic E-state index is -0.141. The van der Waals surface area contributed by atoms with Gasteiger partial charge in [-0.25, -0.2) is 4.39 Å². The molecule has 0 fully saturated rings. The zero-order valence-corrected chi connectivity index (χ0v) is 11.8. The van der Waals surface area contributed by atoms with Crippen molar-refractivity contribution in [2.75, 3.05) is 0 Å². The van der Waals surface area contributed by atoms with Crippen LogP contribution in [0.3, 0.4) is 0 Å². The van der Waals surface area contributed by atoms with Crippen molar-refractivity contribution in [3.8, 4) is 0 Å². The number of rotatable bonds is 4. The number of fused-ring (bicyclic) bond motifs is 1. The zero-order valence-electron chi connectivity index (χ0n) is 11.8. The first-order valence-corrected chi connectivity index (χ1v) is 7.37. The van der Waals surface area contributed by atoms with E-state index in [1.165, 1.54) is 30.4 Å². The Morgan fingerprint density at radius 2 is 1.85 bits per heavy atom. The summed E-state index contributed by atoms with van der Waals surface area (Å²) >= 11 is 0. The highest BCUT2D eigenvalue weighted by Gasteiger charge is 2.12. The van der Waals surface area contributed by atoms with Crippen molar-refractivity contribution in [3.05, 3.63) is 65.5 Å². The molecule has 0 saturated heterocycles. The van der Waals surface area contributed by atoms with Gasteiger partial charge in [0.25, 0.3) is 0 Å². The second kappa shape index (κ2) is 5.62. The fourth-order valence-electron chi connectivity index (χ4n) is 2.86. The van der Waals surface area contributed by atoms with Crippen molar-refractivity contribution in [1.82, 2.24) is 0 Å². The van der Waals surface area contributed by atoms with E-state index in [1.54, 1.807) is 6.07 Å². The fourth-order valence-corrected chi connectivity index (χ4v) is 2.86. The summed E-state index contributed by atoms with van der Waals surface area (Å²) in [6.45, 7) is 2.22. The molecule has 0 spiro atoms. The molecule has 1 heteroatoms. The van der Waals surface area contributed by atoms with Crippen LogP contribution in [0.5, 0.6) is 0 Å². The number of allylic oxidation sites excluding steroid dienone is 4. The van der Waals surface area contributed by atoms with E-state index in [4.69, 9.17) is 0 Å². The van der Waals surface area contributed by atoms with E-state index < -0.39 is 0 Å². The molecule has 0 aliphatic heterocycles. The SMILES string of the molecule is CCCCC1=CC(c2ccc(F)c3ccccc23)=CC1. The van der Waals surface area contributed by atoms with Gasteiger partial charge in [-0.3, -0.25) is 0 Å². The molecule has 0 aromatic heterocycles. The van der Waals surface area contributed by atoms with Crippen LogP contribution in [0.2, 0.25) is 0 Å². The van der Waals surface area contributed by atoms with E-state index in [9.17, 15) is 4.39 Å². The summed E-state index contributed by atoms with van der Waals surface area (Å²) in [7, 11) is 0. The molecule has 0 unspecified atom stereocenters. The van der Waals surface area contributed by atoms with Gasteiger partial charge in [0.2, 0.25) is 0 Å². The molecule has 0 heterocycles. The van der Waals surface area contributed by atoms with Crippen molar-refractivity contribution < 1.29 is 4.39 Å². The molecule has 0 bridgehead atoms. The molecule has 0 radical (unpaired) electrons. The van der Waals surface area contributed by atoms with E-state index in [1.807, 2.05) is 30.3 Å². The van der Waals surface area contributed by atoms with Gasteiger partial charge < -0.3 is 0 Å². The molecule has 0 nitrogen and oxygen atoms in total. The largest absolute Gasteiger partial charge is 0.206 e. The molecule has 0 amide bonds. The number of hydrogen-bond donors (Lipinski definition) is 0. The standard InChI is InChI=1S/C19H19F/c1-2-3-6-14-9-10-15(13-14)16-11-12-19(20)18-8-5-4-7-17(16)18/h4-5,7-8,10-13H,2-3,6,9H2,1H3. The topological polar surface area (TPSA) is 0 Å². The Kier molecular flexibility index (Phi) is 3.68. The summed E-state index contributed by atoms with van der Waals surface area (Å²) < 4.78 is 13.9. The number of halogens is 1. The second-order valence-corrected chi connectivity index (χ2v) is 5.41. The molecule has 102 valence electrons. The monoisotopic (exact) mass is 266 g/mol. The predicted octanol–water partition coefficient (Wildman–Crippen LogP) is 5.88. The Bertz CT molecular complexity index is 692. The smallest absolute Gasteiger partial charge is 0.131 e. The first kappa shape index (κ1) is 13.1. The Morgan fingerprint density at radius 1 is 1.05 bits per heavy atom. The van der Waals surface area contributed by atoms with Crippen LogP contribution in [-0.4, -0.2) is 0 Å². The maximum absolute atomic E-state index is 13.9. The molecule has 20 heavy (non-hydrogen) atoms. The molecular formula is C19H19F. The Morgan fingerprint density at radius 3 is 2.65 bits per heavy atom. The highest BCUT2D eigenvalue weighted by Crippen LogP contribution is 2.33. The van der Waals surface area contributed by atoms with Gasteiger partial charge in [0.15, 0.2) is 0 Å². The van der Waals surface area contributed by atoms with Gasteiger partial charge in [-0.1, -0.05) is 61.4 Å². The number of hydrogen-bond acceptors (Lipinski definition) is 0. The lowest BCUT2D eigenvalue weighted by Crippen LogP contribution is -1.86. The van der Waals surface area contributed by atoms with E-state index in [2.05, 4.69) is 19.1 Å². The van der Waals surface area contributed by atoms with E-state index in [0.717, 1.165) is 17.4 Å². The predicted molar refractivity (Wildman–Crippen MR) is 84.1 cm³/mol. The van der Waals surface area contributed by atoms with E-state index in [0.29, 0.717) is 5.39 Å². The van der Waals surface area contributed by atoms with Crippen LogP contribution in [0.4, 0.5) is 4.39 Å². The van der Waals surface area contributed by atoms with Gasteiger partial charge >= 0.3 is 0 Å². The first-order chi connectivity index (χ1) is 9.79. The third-order valence-electron chi connectivity index (χ3n) is 3.98. The van der Waals surface area contributed by atoms with Gasteiger partial charge in [0.05, 0.1) is 0 Å². The van der Waals surface area contributed by atoms with Crippen LogP contribution in [0.25, 0.3) is 16.3 Å². The maximum Gasteiger partial charge on any atom is 0.131 e. The van der Waals surface area contributed by atoms with Crippen LogP contribution < -0.4 is 0 Å². The van der Waals surface area contributed by atoms with Crippen molar-refractivity contribution in [2.45, 2.75) is 32.6 Å². The van der Waals surface area contributed by atoms with Crippen molar-refractivity contribution in [2.24, 2.45) is 0 Å². The average Bonchev–Trinajstić information content (AvgIpc) is 2.94. The van der Waals surface area contributed by atoms with Crippen molar-refractivity contribution in [1.29, 1.82) is 0 Å². The van der Waals surface area contributed by atoms with Gasteiger partial charge in [0, 0.05) is 5.39 Å². The molecule has 0 saturated carbocycles. The first-order valence-electron chi connectivity index (χ1n) is 7.37. The lowest BCUT2D eigenvalue weighted by Gasteiger charge is -2.07. The molecule has 0 atom stereocenters. The molecule has 2 aromatic carbocycles. The third-order valence-corrected chi connectivity index (χ3v) is 3.98. The van der Waals surface area contributed by atoms with Gasteiger partial charge in [-0.15, -0.1) is 0 Å². The van der Waals surface area contributed by atoms with Crippen molar-refractivity contribution in [3.63, 3.8) is 0 Å². The summed E-state index contributed by atoms with van der Waals surface area (Å²) in [6, 6.07) is 11.2. The van der Waals surface area contributed by atoms with Crippen LogP contribution in [-0.2, 0) is 0 Å². The summed E-state index contributed by atoms with van der Waals surface area (Å²) in [5.41, 5.74) is 3.89. The maximum atomic E-state index is 13.9. The van der Waals surface area contributed by atoms with Gasteiger partial charge in [-0.05, 0) is 41.9 Å². The van der Waals surface area contributed by atoms with Crippen molar-refractivity contribution >= 4 is 16.3 Å². The Balaban J connectivity index is 2.00. The lowest BCUT2D eigenvalue weighted by atomic mass is 9.98. The van der Waals surface area contributed by atoms with Gasteiger partial charge in [-0.2, -0.15) is 0 Å². The van der Waals surface area contributed by atoms with Gasteiger partial charge in [0.1, 0.15) is 5.82 Å². The quantitative estimate of drug-likeness (QED) is 0.648. The summed E-state index contributed by atoms with van der Waals surface area (Å²) in [5.74, 6) is -0.141. The lowest BCUT2D eigenvalue weighted by molar-refractivity contribution is 0.640. The van der Waals surface area contributed by atoms with Crippen LogP contribution in [0.15, 0.2) is 54.1 Å². The normalized spacial score (nSPS) is 14.5. The fraction of sp³-hybridized carbons (Fsp3) is 0.263. The average molecular weight is 266 g/mol. The summed E-state index contributed by atoms with van der Waals surface area (Å²) in [6.07, 6.45) is 9.25. The summed E-state index contributed by atoms with van der Waals surface area (Å²) in [4.78, 5) is 0. The van der Waals surface area contributed by atoms with E-state index >= 15 is 0 Å². The Hall–Kier alpha value is -1.89. The molecule has 0 N–H and O–H groups in total. The molecule has 2 aromatic rings. The molecule has 1 aliphatic rings. The van der Waals surface area contributed by atoms with Crippen LogP contribution >= 0.6 is 0 Å². The zero-order chi connectivity index (χ0) is 13.9. The highest BCUT2D eigenvalue weighted by molar-refractivity contribution is 5.97. The molecule has 1 aliphatic carbocycles. The Labute approximate surface area is 119 Å². The highest BCUT2D eigenvalue weighted by atomic mass is 19.1. The van der Waals surface area contributed by atoms with E-state index in [-0.39, 0.29) is 5.82 Å². The number of unbranched alkanes of at least 4 members (excludes halogenated alkanes) is 1. The van der Waals surface area contributed by atoms with Crippen LogP contribution in [0.1, 0.15) is 38.2 Å². The minimum absolute atomic E-state index is 0.141.